The highest BCUT2D eigenvalue weighted by atomic mass is 16.6. The Labute approximate surface area is 94.2 Å². The van der Waals surface area contributed by atoms with Gasteiger partial charge in [-0.1, -0.05) is 0 Å². The number of aliphatic hydroxyl groups excluding tert-OH is 1. The molecule has 0 fully saturated rings. The molecule has 0 aliphatic heterocycles. The van der Waals surface area contributed by atoms with Crippen LogP contribution < -0.4 is 5.32 Å². The molecule has 0 atom stereocenters. The van der Waals surface area contributed by atoms with Crippen LogP contribution in [0.5, 0.6) is 0 Å². The molecular formula is C10H17N3O3. The van der Waals surface area contributed by atoms with Gasteiger partial charge in [-0.05, 0) is 20.8 Å². The van der Waals surface area contributed by atoms with Crippen LogP contribution in [0.15, 0.2) is 6.07 Å². The molecule has 0 aliphatic carbocycles. The molecule has 1 aromatic heterocycles. The second kappa shape index (κ2) is 4.52. The average molecular weight is 227 g/mol. The van der Waals surface area contributed by atoms with Gasteiger partial charge in [0.2, 0.25) is 0 Å². The minimum Gasteiger partial charge on any atom is -0.444 e. The van der Waals surface area contributed by atoms with Gasteiger partial charge in [-0.25, -0.2) is 4.79 Å². The third kappa shape index (κ3) is 3.54. The monoisotopic (exact) mass is 227 g/mol. The summed E-state index contributed by atoms with van der Waals surface area (Å²) in [6.45, 7) is 5.22. The summed E-state index contributed by atoms with van der Waals surface area (Å²) in [6.07, 6.45) is -0.560. The Morgan fingerprint density at radius 3 is 2.69 bits per heavy atom. The van der Waals surface area contributed by atoms with Crippen molar-refractivity contribution in [1.82, 2.24) is 9.78 Å². The van der Waals surface area contributed by atoms with E-state index in [-0.39, 0.29) is 6.61 Å². The van der Waals surface area contributed by atoms with Gasteiger partial charge in [0.15, 0.2) is 5.82 Å². The summed E-state index contributed by atoms with van der Waals surface area (Å²) in [4.78, 5) is 11.4. The highest BCUT2D eigenvalue weighted by Gasteiger charge is 2.17. The molecule has 0 saturated carbocycles. The predicted octanol–water partition coefficient (Wildman–Crippen LogP) is 1.26. The topological polar surface area (TPSA) is 76.4 Å². The number of nitrogens with zero attached hydrogens (tertiary/aromatic N) is 2. The third-order valence-corrected chi connectivity index (χ3v) is 1.77. The van der Waals surface area contributed by atoms with Crippen LogP contribution in [0.1, 0.15) is 26.5 Å². The summed E-state index contributed by atoms with van der Waals surface area (Å²) in [6, 6.07) is 1.59. The second-order valence-corrected chi connectivity index (χ2v) is 4.43. The van der Waals surface area contributed by atoms with E-state index in [0.29, 0.717) is 11.5 Å². The maximum atomic E-state index is 11.4. The standard InChI is InChI=1S/C10H17N3O3/c1-10(2,3)16-9(15)11-8-5-7(6-14)13(4)12-8/h5,14H,6H2,1-4H3,(H,11,12,15). The van der Waals surface area contributed by atoms with Crippen molar-refractivity contribution in [2.24, 2.45) is 7.05 Å². The lowest BCUT2D eigenvalue weighted by atomic mass is 10.2. The summed E-state index contributed by atoms with van der Waals surface area (Å²) in [5.74, 6) is 0.362. The Morgan fingerprint density at radius 2 is 2.25 bits per heavy atom. The molecule has 0 spiro atoms. The van der Waals surface area contributed by atoms with E-state index in [1.807, 2.05) is 0 Å². The van der Waals surface area contributed by atoms with Gasteiger partial charge in [0.05, 0.1) is 12.3 Å². The third-order valence-electron chi connectivity index (χ3n) is 1.77. The SMILES string of the molecule is Cn1nc(NC(=O)OC(C)(C)C)cc1CO. The highest BCUT2D eigenvalue weighted by molar-refractivity contribution is 5.83. The Bertz CT molecular complexity index is 379. The fraction of sp³-hybridized carbons (Fsp3) is 0.600. The zero-order valence-corrected chi connectivity index (χ0v) is 9.94. The lowest BCUT2D eigenvalue weighted by molar-refractivity contribution is 0.0635. The van der Waals surface area contributed by atoms with Crippen LogP contribution in [0, 0.1) is 0 Å². The van der Waals surface area contributed by atoms with Gasteiger partial charge < -0.3 is 9.84 Å². The minimum absolute atomic E-state index is 0.125. The number of aliphatic hydroxyl groups is 1. The van der Waals surface area contributed by atoms with E-state index >= 15 is 0 Å². The number of amides is 1. The van der Waals surface area contributed by atoms with Gasteiger partial charge in [0, 0.05) is 13.1 Å². The number of carbonyl (C=O) groups is 1. The molecule has 2 N–H and O–H groups in total. The normalized spacial score (nSPS) is 11.3. The summed E-state index contributed by atoms with van der Waals surface area (Å²) in [7, 11) is 1.69. The number of nitrogens with one attached hydrogen (secondary N) is 1. The maximum Gasteiger partial charge on any atom is 0.413 e. The Kier molecular flexibility index (Phi) is 3.54. The van der Waals surface area contributed by atoms with Crippen molar-refractivity contribution in [2.75, 3.05) is 5.32 Å². The Morgan fingerprint density at radius 1 is 1.62 bits per heavy atom. The molecule has 1 amide bonds. The Hall–Kier alpha value is -1.56. The molecule has 1 rings (SSSR count). The lowest BCUT2D eigenvalue weighted by Gasteiger charge is -2.18. The van der Waals surface area contributed by atoms with Crippen LogP contribution in [-0.4, -0.2) is 26.6 Å². The molecule has 1 heterocycles. The fourth-order valence-electron chi connectivity index (χ4n) is 1.12. The number of ether oxygens (including phenoxy) is 1. The summed E-state index contributed by atoms with van der Waals surface area (Å²) in [5.41, 5.74) is 0.0737. The van der Waals surface area contributed by atoms with Crippen LogP contribution >= 0.6 is 0 Å². The molecule has 1 aromatic rings. The van der Waals surface area contributed by atoms with Crippen molar-refractivity contribution in [1.29, 1.82) is 0 Å². The number of rotatable bonds is 2. The van der Waals surface area contributed by atoms with Gasteiger partial charge in [0.1, 0.15) is 5.60 Å². The first-order chi connectivity index (χ1) is 7.31. The van der Waals surface area contributed by atoms with E-state index in [1.165, 1.54) is 4.68 Å². The van der Waals surface area contributed by atoms with E-state index < -0.39 is 11.7 Å². The quantitative estimate of drug-likeness (QED) is 0.797. The van der Waals surface area contributed by atoms with E-state index in [1.54, 1.807) is 33.9 Å². The van der Waals surface area contributed by atoms with Crippen molar-refractivity contribution >= 4 is 11.9 Å². The number of carbonyl (C=O) groups excluding carboxylic acids is 1. The molecule has 0 aromatic carbocycles. The van der Waals surface area contributed by atoms with E-state index in [9.17, 15) is 4.79 Å². The van der Waals surface area contributed by atoms with Crippen LogP contribution in [0.25, 0.3) is 0 Å². The first-order valence-electron chi connectivity index (χ1n) is 4.95. The number of aryl methyl sites for hydroxylation is 1. The zero-order chi connectivity index (χ0) is 12.3. The van der Waals surface area contributed by atoms with Gasteiger partial charge in [-0.15, -0.1) is 0 Å². The number of aromatic nitrogens is 2. The van der Waals surface area contributed by atoms with Crippen molar-refractivity contribution in [2.45, 2.75) is 33.0 Å². The number of hydrogen-bond acceptors (Lipinski definition) is 4. The first kappa shape index (κ1) is 12.5. The second-order valence-electron chi connectivity index (χ2n) is 4.43. The minimum atomic E-state index is -0.560. The molecule has 0 radical (unpaired) electrons. The lowest BCUT2D eigenvalue weighted by Crippen LogP contribution is -2.27. The van der Waals surface area contributed by atoms with Gasteiger partial charge in [0.25, 0.3) is 0 Å². The van der Waals surface area contributed by atoms with Crippen LogP contribution in [0.2, 0.25) is 0 Å². The maximum absolute atomic E-state index is 11.4. The largest absolute Gasteiger partial charge is 0.444 e. The van der Waals surface area contributed by atoms with Gasteiger partial charge in [-0.2, -0.15) is 5.10 Å². The van der Waals surface area contributed by atoms with E-state index in [2.05, 4.69) is 10.4 Å². The molecular weight excluding hydrogens is 210 g/mol. The smallest absolute Gasteiger partial charge is 0.413 e. The van der Waals surface area contributed by atoms with Crippen molar-refractivity contribution in [3.8, 4) is 0 Å². The highest BCUT2D eigenvalue weighted by Crippen LogP contribution is 2.11. The summed E-state index contributed by atoms with van der Waals surface area (Å²) >= 11 is 0. The molecule has 0 aliphatic rings. The summed E-state index contributed by atoms with van der Waals surface area (Å²) in [5, 5.41) is 15.4. The first-order valence-corrected chi connectivity index (χ1v) is 4.95. The average Bonchev–Trinajstić information content (AvgIpc) is 2.42. The van der Waals surface area contributed by atoms with Crippen LogP contribution in [0.3, 0.4) is 0 Å². The van der Waals surface area contributed by atoms with Crippen molar-refractivity contribution in [3.63, 3.8) is 0 Å². The van der Waals surface area contributed by atoms with E-state index in [0.717, 1.165) is 0 Å². The molecule has 0 saturated heterocycles. The summed E-state index contributed by atoms with van der Waals surface area (Å²) < 4.78 is 6.56. The van der Waals surface area contributed by atoms with Crippen molar-refractivity contribution in [3.05, 3.63) is 11.8 Å². The Balaban J connectivity index is 2.63. The molecule has 0 bridgehead atoms. The fourth-order valence-corrected chi connectivity index (χ4v) is 1.12. The molecule has 6 heteroatoms. The number of anilines is 1. The van der Waals surface area contributed by atoms with Gasteiger partial charge in [-0.3, -0.25) is 10.00 Å². The molecule has 90 valence electrons. The van der Waals surface area contributed by atoms with Gasteiger partial charge >= 0.3 is 6.09 Å². The predicted molar refractivity (Wildman–Crippen MR) is 59.0 cm³/mol. The number of hydrogen-bond donors (Lipinski definition) is 2. The van der Waals surface area contributed by atoms with Crippen LogP contribution in [0.4, 0.5) is 10.6 Å². The zero-order valence-electron chi connectivity index (χ0n) is 9.94. The molecule has 6 nitrogen and oxygen atoms in total. The van der Waals surface area contributed by atoms with Crippen molar-refractivity contribution < 1.29 is 14.6 Å². The molecule has 0 unspecified atom stereocenters. The molecule has 16 heavy (non-hydrogen) atoms. The van der Waals surface area contributed by atoms with E-state index in [4.69, 9.17) is 9.84 Å². The van der Waals surface area contributed by atoms with Crippen LogP contribution in [-0.2, 0) is 18.4 Å².